The number of nitrogens with zero attached hydrogens (tertiary/aromatic N) is 1. The molecule has 0 fully saturated rings. The molecule has 0 saturated heterocycles. The summed E-state index contributed by atoms with van der Waals surface area (Å²) in [4.78, 5) is 34.8. The number of fused-ring (bicyclic) bond motifs is 3. The smallest absolute Gasteiger partial charge is 0.419 e. The van der Waals surface area contributed by atoms with Gasteiger partial charge in [0.05, 0.1) is 11.0 Å². The highest BCUT2D eigenvalue weighted by Crippen LogP contribution is 2.31. The van der Waals surface area contributed by atoms with Crippen molar-refractivity contribution in [2.24, 2.45) is 0 Å². The molecule has 0 atom stereocenters. The molecule has 0 spiro atoms. The summed E-state index contributed by atoms with van der Waals surface area (Å²) < 4.78 is 6.97. The van der Waals surface area contributed by atoms with Gasteiger partial charge in [-0.3, -0.25) is 9.59 Å². The fourth-order valence-electron chi connectivity index (χ4n) is 2.71. The molecule has 0 bridgehead atoms. The molecule has 0 N–H and O–H groups in total. The Bertz CT molecular complexity index is 911. The predicted molar refractivity (Wildman–Crippen MR) is 91.9 cm³/mol. The zero-order valence-electron chi connectivity index (χ0n) is 13.7. The normalized spacial score (nSPS) is 11.6. The third-order valence-electron chi connectivity index (χ3n) is 3.66. The second kappa shape index (κ2) is 5.60. The topological polar surface area (TPSA) is 65.4 Å². The zero-order valence-corrected chi connectivity index (χ0v) is 13.7. The van der Waals surface area contributed by atoms with E-state index >= 15 is 0 Å². The number of rotatable bonds is 2. The summed E-state index contributed by atoms with van der Waals surface area (Å²) in [7, 11) is 0. The lowest BCUT2D eigenvalue weighted by Crippen LogP contribution is -2.27. The minimum absolute atomic E-state index is 0.500. The maximum absolute atomic E-state index is 12.7. The maximum atomic E-state index is 12.7. The summed E-state index contributed by atoms with van der Waals surface area (Å²) in [5.74, 6) is 0. The summed E-state index contributed by atoms with van der Waals surface area (Å²) in [5, 5.41) is 1.45. The third-order valence-corrected chi connectivity index (χ3v) is 3.66. The summed E-state index contributed by atoms with van der Waals surface area (Å²) in [6.45, 7) is 5.40. The first kappa shape index (κ1) is 15.9. The number of aromatic nitrogens is 1. The molecule has 122 valence electrons. The van der Waals surface area contributed by atoms with Crippen LogP contribution in [0, 0.1) is 0 Å². The molecular weight excluding hydrogens is 306 g/mol. The van der Waals surface area contributed by atoms with E-state index in [0.29, 0.717) is 22.2 Å². The molecule has 0 unspecified atom stereocenters. The number of benzene rings is 2. The van der Waals surface area contributed by atoms with Crippen LogP contribution in [0.15, 0.2) is 36.4 Å². The molecule has 5 heteroatoms. The van der Waals surface area contributed by atoms with E-state index in [9.17, 15) is 14.4 Å². The second-order valence-electron chi connectivity index (χ2n) is 6.60. The Morgan fingerprint density at radius 1 is 0.917 bits per heavy atom. The van der Waals surface area contributed by atoms with Crippen molar-refractivity contribution in [3.05, 3.63) is 47.5 Å². The Kier molecular flexibility index (Phi) is 3.72. The van der Waals surface area contributed by atoms with Gasteiger partial charge in [0.15, 0.2) is 0 Å². The van der Waals surface area contributed by atoms with Crippen LogP contribution in [0.5, 0.6) is 0 Å². The molecule has 0 amide bonds. The van der Waals surface area contributed by atoms with Crippen molar-refractivity contribution in [3.8, 4) is 0 Å². The summed E-state index contributed by atoms with van der Waals surface area (Å²) in [6, 6.07) is 10.1. The predicted octanol–water partition coefficient (Wildman–Crippen LogP) is 4.20. The minimum atomic E-state index is -0.633. The highest BCUT2D eigenvalue weighted by atomic mass is 16.6. The van der Waals surface area contributed by atoms with Gasteiger partial charge in [0.1, 0.15) is 18.2 Å². The number of aldehydes is 2. The number of carbonyl (C=O) groups is 3. The average molecular weight is 323 g/mol. The molecule has 1 aromatic heterocycles. The van der Waals surface area contributed by atoms with Crippen LogP contribution in [0.2, 0.25) is 0 Å². The molecule has 3 aromatic rings. The molecule has 0 aliphatic carbocycles. The Balaban J connectivity index is 2.35. The monoisotopic (exact) mass is 323 g/mol. The lowest BCUT2D eigenvalue weighted by Gasteiger charge is -2.20. The van der Waals surface area contributed by atoms with E-state index in [2.05, 4.69) is 0 Å². The summed E-state index contributed by atoms with van der Waals surface area (Å²) in [6.07, 6.45) is 1.000. The average Bonchev–Trinajstić information content (AvgIpc) is 2.85. The van der Waals surface area contributed by atoms with Crippen LogP contribution in [-0.2, 0) is 4.74 Å². The molecule has 1 heterocycles. The summed E-state index contributed by atoms with van der Waals surface area (Å²) in [5.41, 5.74) is 1.64. The van der Waals surface area contributed by atoms with Crippen LogP contribution in [-0.4, -0.2) is 28.8 Å². The fourth-order valence-corrected chi connectivity index (χ4v) is 2.71. The van der Waals surface area contributed by atoms with E-state index in [1.54, 1.807) is 57.2 Å². The first-order chi connectivity index (χ1) is 11.3. The van der Waals surface area contributed by atoms with Gasteiger partial charge in [-0.2, -0.15) is 0 Å². The van der Waals surface area contributed by atoms with Crippen LogP contribution in [0.4, 0.5) is 4.79 Å². The van der Waals surface area contributed by atoms with E-state index in [0.717, 1.165) is 23.3 Å². The molecule has 0 saturated carbocycles. The van der Waals surface area contributed by atoms with E-state index in [4.69, 9.17) is 4.74 Å². The maximum Gasteiger partial charge on any atom is 0.419 e. The van der Waals surface area contributed by atoms with Crippen LogP contribution in [0.3, 0.4) is 0 Å². The Hall–Kier alpha value is -2.95. The van der Waals surface area contributed by atoms with Gasteiger partial charge in [0.2, 0.25) is 0 Å². The molecule has 3 rings (SSSR count). The van der Waals surface area contributed by atoms with Gasteiger partial charge in [0, 0.05) is 21.9 Å². The number of ether oxygens (including phenoxy) is 1. The van der Waals surface area contributed by atoms with Crippen molar-refractivity contribution < 1.29 is 19.1 Å². The minimum Gasteiger partial charge on any atom is -0.443 e. The Morgan fingerprint density at radius 3 is 1.75 bits per heavy atom. The SMILES string of the molecule is CC(C)(C)OC(=O)n1c2ccc(C=O)cc2c2cc(C=O)ccc21. The van der Waals surface area contributed by atoms with Crippen molar-refractivity contribution in [3.63, 3.8) is 0 Å². The van der Waals surface area contributed by atoms with E-state index in [1.807, 2.05) is 0 Å². The number of hydrogen-bond donors (Lipinski definition) is 0. The Labute approximate surface area is 138 Å². The molecule has 2 aromatic carbocycles. The molecule has 5 nitrogen and oxygen atoms in total. The zero-order chi connectivity index (χ0) is 17.5. The highest BCUT2D eigenvalue weighted by molar-refractivity contribution is 6.14. The van der Waals surface area contributed by atoms with Crippen LogP contribution < -0.4 is 0 Å². The lowest BCUT2D eigenvalue weighted by molar-refractivity contribution is 0.0551. The van der Waals surface area contributed by atoms with Crippen LogP contribution in [0.1, 0.15) is 41.5 Å². The van der Waals surface area contributed by atoms with Gasteiger partial charge in [0.25, 0.3) is 0 Å². The van der Waals surface area contributed by atoms with E-state index < -0.39 is 11.7 Å². The molecule has 24 heavy (non-hydrogen) atoms. The van der Waals surface area contributed by atoms with E-state index in [1.165, 1.54) is 4.57 Å². The van der Waals surface area contributed by atoms with Gasteiger partial charge >= 0.3 is 6.09 Å². The third kappa shape index (κ3) is 2.69. The first-order valence-electron chi connectivity index (χ1n) is 7.56. The van der Waals surface area contributed by atoms with Crippen molar-refractivity contribution in [1.29, 1.82) is 0 Å². The van der Waals surface area contributed by atoms with Crippen molar-refractivity contribution in [2.75, 3.05) is 0 Å². The highest BCUT2D eigenvalue weighted by Gasteiger charge is 2.22. The quantitative estimate of drug-likeness (QED) is 0.663. The Morgan fingerprint density at radius 2 is 1.38 bits per heavy atom. The largest absolute Gasteiger partial charge is 0.443 e. The van der Waals surface area contributed by atoms with Crippen molar-refractivity contribution >= 4 is 40.5 Å². The van der Waals surface area contributed by atoms with Crippen LogP contribution in [0.25, 0.3) is 21.8 Å². The van der Waals surface area contributed by atoms with Gasteiger partial charge in [-0.05, 0) is 57.2 Å². The summed E-state index contributed by atoms with van der Waals surface area (Å²) >= 11 is 0. The number of hydrogen-bond acceptors (Lipinski definition) is 4. The van der Waals surface area contributed by atoms with Gasteiger partial charge < -0.3 is 4.74 Å². The molecule has 0 aliphatic heterocycles. The van der Waals surface area contributed by atoms with Crippen molar-refractivity contribution in [2.45, 2.75) is 26.4 Å². The second-order valence-corrected chi connectivity index (χ2v) is 6.60. The fraction of sp³-hybridized carbons (Fsp3) is 0.211. The first-order valence-corrected chi connectivity index (χ1v) is 7.56. The van der Waals surface area contributed by atoms with Gasteiger partial charge in [-0.15, -0.1) is 0 Å². The molecular formula is C19H17NO4. The number of carbonyl (C=O) groups excluding carboxylic acids is 3. The van der Waals surface area contributed by atoms with E-state index in [-0.39, 0.29) is 0 Å². The molecule has 0 radical (unpaired) electrons. The standard InChI is InChI=1S/C19H17NO4/c1-19(2,3)24-18(23)20-16-6-4-12(10-21)8-14(16)15-9-13(11-22)5-7-17(15)20/h4-11H,1-3H3. The van der Waals surface area contributed by atoms with Gasteiger partial charge in [-0.1, -0.05) is 0 Å². The lowest BCUT2D eigenvalue weighted by atomic mass is 10.1. The molecule has 0 aliphatic rings. The van der Waals surface area contributed by atoms with Crippen molar-refractivity contribution in [1.82, 2.24) is 4.57 Å². The van der Waals surface area contributed by atoms with Gasteiger partial charge in [-0.25, -0.2) is 9.36 Å². The van der Waals surface area contributed by atoms with Crippen LogP contribution >= 0.6 is 0 Å².